The molecule has 1 aromatic rings. The average Bonchev–Trinajstić information content (AvgIpc) is 3.35. The third-order valence-corrected chi connectivity index (χ3v) is 7.02. The number of aliphatic hydroxyl groups excluding tert-OH is 1. The number of carbonyl (C=O) groups is 1. The molecule has 2 saturated carbocycles. The van der Waals surface area contributed by atoms with Crippen molar-refractivity contribution in [3.63, 3.8) is 0 Å². The van der Waals surface area contributed by atoms with E-state index in [4.69, 9.17) is 14.6 Å². The standard InChI is InChI=1S/C23H30BrNO4/c24-19-7-5-16(6-8-19)18-13-21(29-22(14-18)28-10-2-1-9-26)23(27)25-20-12-15-3-4-17(20)11-15/h5-8,13,15,17-18,20,22,26H,1-4,9-12,14H2,(H,25,27)/t15?,17?,18-,20?,22+/m0/s1. The molecular weight excluding hydrogens is 434 g/mol. The molecule has 2 bridgehead atoms. The molecule has 1 aromatic carbocycles. The highest BCUT2D eigenvalue weighted by Crippen LogP contribution is 2.44. The third-order valence-electron chi connectivity index (χ3n) is 6.49. The van der Waals surface area contributed by atoms with E-state index in [9.17, 15) is 4.79 Å². The second kappa shape index (κ2) is 9.63. The molecule has 0 aromatic heterocycles. The van der Waals surface area contributed by atoms with Crippen LogP contribution in [0.2, 0.25) is 0 Å². The minimum Gasteiger partial charge on any atom is -0.459 e. The van der Waals surface area contributed by atoms with Gasteiger partial charge in [-0.3, -0.25) is 4.79 Å². The van der Waals surface area contributed by atoms with Crippen LogP contribution in [0.1, 0.15) is 56.4 Å². The summed E-state index contributed by atoms with van der Waals surface area (Å²) in [6, 6.07) is 8.47. The number of aliphatic hydroxyl groups is 1. The quantitative estimate of drug-likeness (QED) is 0.565. The van der Waals surface area contributed by atoms with Crippen molar-refractivity contribution in [3.05, 3.63) is 46.1 Å². The van der Waals surface area contributed by atoms with Crippen LogP contribution in [-0.4, -0.2) is 36.6 Å². The van der Waals surface area contributed by atoms with Gasteiger partial charge in [0.05, 0.1) is 6.61 Å². The fourth-order valence-corrected chi connectivity index (χ4v) is 5.21. The van der Waals surface area contributed by atoms with Crippen LogP contribution in [0.4, 0.5) is 0 Å². The lowest BCUT2D eigenvalue weighted by molar-refractivity contribution is -0.147. The van der Waals surface area contributed by atoms with E-state index in [0.29, 0.717) is 31.1 Å². The predicted octanol–water partition coefficient (Wildman–Crippen LogP) is 4.26. The van der Waals surface area contributed by atoms with E-state index in [1.54, 1.807) is 0 Å². The van der Waals surface area contributed by atoms with Gasteiger partial charge in [-0.1, -0.05) is 34.5 Å². The maximum atomic E-state index is 13.0. The molecule has 3 aliphatic rings. The Morgan fingerprint density at radius 2 is 2.00 bits per heavy atom. The normalized spacial score (nSPS) is 30.7. The van der Waals surface area contributed by atoms with Crippen molar-refractivity contribution in [2.45, 2.75) is 63.2 Å². The van der Waals surface area contributed by atoms with Crippen molar-refractivity contribution in [2.75, 3.05) is 13.2 Å². The number of nitrogens with one attached hydrogen (secondary N) is 1. The Hall–Kier alpha value is -1.37. The minimum absolute atomic E-state index is 0.0699. The maximum absolute atomic E-state index is 13.0. The Morgan fingerprint density at radius 1 is 1.17 bits per heavy atom. The molecule has 0 radical (unpaired) electrons. The van der Waals surface area contributed by atoms with Gasteiger partial charge >= 0.3 is 0 Å². The Balaban J connectivity index is 1.44. The largest absolute Gasteiger partial charge is 0.459 e. The number of hydrogen-bond donors (Lipinski definition) is 2. The van der Waals surface area contributed by atoms with Crippen LogP contribution in [0.15, 0.2) is 40.6 Å². The van der Waals surface area contributed by atoms with Crippen LogP contribution in [0.25, 0.3) is 0 Å². The summed E-state index contributed by atoms with van der Waals surface area (Å²) in [5.41, 5.74) is 1.14. The molecule has 2 N–H and O–H groups in total. The van der Waals surface area contributed by atoms with Crippen LogP contribution in [0, 0.1) is 11.8 Å². The number of allylic oxidation sites excluding steroid dienone is 1. The van der Waals surface area contributed by atoms with Crippen LogP contribution in [0.5, 0.6) is 0 Å². The lowest BCUT2D eigenvalue weighted by atomic mass is 9.92. The zero-order valence-corrected chi connectivity index (χ0v) is 18.3. The van der Waals surface area contributed by atoms with Crippen molar-refractivity contribution in [3.8, 4) is 0 Å². The van der Waals surface area contributed by atoms with Gasteiger partial charge in [0.25, 0.3) is 5.91 Å². The van der Waals surface area contributed by atoms with Gasteiger partial charge in [0.2, 0.25) is 6.29 Å². The van der Waals surface area contributed by atoms with Crippen molar-refractivity contribution in [1.29, 1.82) is 0 Å². The van der Waals surface area contributed by atoms with Gasteiger partial charge in [0.15, 0.2) is 5.76 Å². The molecule has 29 heavy (non-hydrogen) atoms. The molecule has 1 heterocycles. The summed E-state index contributed by atoms with van der Waals surface area (Å²) < 4.78 is 12.9. The van der Waals surface area contributed by atoms with Gasteiger partial charge in [0.1, 0.15) is 0 Å². The van der Waals surface area contributed by atoms with Gasteiger partial charge in [-0.2, -0.15) is 0 Å². The molecular formula is C23H30BrNO4. The van der Waals surface area contributed by atoms with Crippen molar-refractivity contribution in [1.82, 2.24) is 5.32 Å². The highest BCUT2D eigenvalue weighted by atomic mass is 79.9. The SMILES string of the molecule is O=C(NC1CC2CCC1C2)C1=C[C@H](c2ccc(Br)cc2)C[C@H](OCCCCO)O1. The highest BCUT2D eigenvalue weighted by molar-refractivity contribution is 9.10. The molecule has 0 spiro atoms. The first kappa shape index (κ1) is 20.9. The number of rotatable bonds is 8. The van der Waals surface area contributed by atoms with Gasteiger partial charge in [-0.15, -0.1) is 0 Å². The molecule has 2 aliphatic carbocycles. The molecule has 2 fully saturated rings. The molecule has 4 rings (SSSR count). The summed E-state index contributed by atoms with van der Waals surface area (Å²) >= 11 is 3.48. The molecule has 6 heteroatoms. The first-order valence-electron chi connectivity index (χ1n) is 10.8. The topological polar surface area (TPSA) is 67.8 Å². The van der Waals surface area contributed by atoms with E-state index in [1.165, 1.54) is 19.3 Å². The summed E-state index contributed by atoms with van der Waals surface area (Å²) in [6.07, 6.45) is 8.54. The van der Waals surface area contributed by atoms with Crippen LogP contribution >= 0.6 is 15.9 Å². The summed E-state index contributed by atoms with van der Waals surface area (Å²) in [5.74, 6) is 1.73. The lowest BCUT2D eigenvalue weighted by Crippen LogP contribution is -2.41. The number of ether oxygens (including phenoxy) is 2. The first-order valence-corrected chi connectivity index (χ1v) is 11.6. The Bertz CT molecular complexity index is 735. The van der Waals surface area contributed by atoms with Crippen molar-refractivity contribution < 1.29 is 19.4 Å². The molecule has 0 saturated heterocycles. The van der Waals surface area contributed by atoms with E-state index < -0.39 is 6.29 Å². The number of amides is 1. The monoisotopic (exact) mass is 463 g/mol. The number of halogens is 1. The van der Waals surface area contributed by atoms with Crippen LogP contribution < -0.4 is 5.32 Å². The number of fused-ring (bicyclic) bond motifs is 2. The lowest BCUT2D eigenvalue weighted by Gasteiger charge is -2.30. The molecule has 1 aliphatic heterocycles. The predicted molar refractivity (Wildman–Crippen MR) is 114 cm³/mol. The summed E-state index contributed by atoms with van der Waals surface area (Å²) in [4.78, 5) is 13.0. The van der Waals surface area contributed by atoms with Crippen molar-refractivity contribution >= 4 is 21.8 Å². The van der Waals surface area contributed by atoms with Gasteiger partial charge in [0, 0.05) is 29.5 Å². The second-order valence-corrected chi connectivity index (χ2v) is 9.44. The van der Waals surface area contributed by atoms with E-state index >= 15 is 0 Å². The van der Waals surface area contributed by atoms with E-state index in [1.807, 2.05) is 18.2 Å². The summed E-state index contributed by atoms with van der Waals surface area (Å²) in [5, 5.41) is 12.2. The third kappa shape index (κ3) is 5.22. The van der Waals surface area contributed by atoms with E-state index in [0.717, 1.165) is 28.8 Å². The van der Waals surface area contributed by atoms with Crippen LogP contribution in [-0.2, 0) is 14.3 Å². The smallest absolute Gasteiger partial charge is 0.286 e. The molecule has 158 valence electrons. The number of hydrogen-bond acceptors (Lipinski definition) is 4. The van der Waals surface area contributed by atoms with Gasteiger partial charge in [-0.25, -0.2) is 0 Å². The Labute approximate surface area is 181 Å². The minimum atomic E-state index is -0.451. The van der Waals surface area contributed by atoms with E-state index in [-0.39, 0.29) is 24.5 Å². The fourth-order valence-electron chi connectivity index (χ4n) is 4.95. The zero-order chi connectivity index (χ0) is 20.2. The van der Waals surface area contributed by atoms with Gasteiger partial charge < -0.3 is 19.9 Å². The maximum Gasteiger partial charge on any atom is 0.286 e. The van der Waals surface area contributed by atoms with E-state index in [2.05, 4.69) is 33.4 Å². The summed E-state index contributed by atoms with van der Waals surface area (Å²) in [7, 11) is 0. The Kier molecular flexibility index (Phi) is 6.93. The fraction of sp³-hybridized carbons (Fsp3) is 0.609. The average molecular weight is 464 g/mol. The molecule has 3 unspecified atom stereocenters. The molecule has 1 amide bonds. The number of benzene rings is 1. The highest BCUT2D eigenvalue weighted by Gasteiger charge is 2.41. The molecule has 5 nitrogen and oxygen atoms in total. The number of unbranched alkanes of at least 4 members (excludes halogenated alkanes) is 1. The van der Waals surface area contributed by atoms with Crippen LogP contribution in [0.3, 0.4) is 0 Å². The second-order valence-electron chi connectivity index (χ2n) is 8.53. The van der Waals surface area contributed by atoms with Crippen molar-refractivity contribution in [2.24, 2.45) is 11.8 Å². The summed E-state index contributed by atoms with van der Waals surface area (Å²) in [6.45, 7) is 0.674. The Morgan fingerprint density at radius 3 is 2.69 bits per heavy atom. The first-order chi connectivity index (χ1) is 14.1. The molecule has 5 atom stereocenters. The zero-order valence-electron chi connectivity index (χ0n) is 16.7. The number of carbonyl (C=O) groups excluding carboxylic acids is 1. The van der Waals surface area contributed by atoms with Gasteiger partial charge in [-0.05, 0) is 67.7 Å².